The summed E-state index contributed by atoms with van der Waals surface area (Å²) in [6, 6.07) is 8.54. The number of amides is 1. The van der Waals surface area contributed by atoms with Gasteiger partial charge in [-0.05, 0) is 36.6 Å². The van der Waals surface area contributed by atoms with Crippen molar-refractivity contribution in [3.63, 3.8) is 0 Å². The average Bonchev–Trinajstić information content (AvgIpc) is 2.36. The first kappa shape index (κ1) is 17.0. The van der Waals surface area contributed by atoms with Crippen LogP contribution in [-0.2, 0) is 17.8 Å². The topological polar surface area (TPSA) is 32.3 Å². The SMILES string of the molecule is CCc1ccc(CN(C)C(=O)C(C)C2CNC2)cc1.Cl. The van der Waals surface area contributed by atoms with Crippen LogP contribution in [0.3, 0.4) is 0 Å². The molecule has 0 radical (unpaired) electrons. The predicted molar refractivity (Wildman–Crippen MR) is 85.1 cm³/mol. The number of hydrogen-bond donors (Lipinski definition) is 1. The number of carbonyl (C=O) groups excluding carboxylic acids is 1. The zero-order chi connectivity index (χ0) is 13.8. The molecule has 0 saturated carbocycles. The molecule has 1 aliphatic rings. The fourth-order valence-corrected chi connectivity index (χ4v) is 2.45. The molecule has 4 heteroatoms. The number of benzene rings is 1. The molecule has 1 unspecified atom stereocenters. The lowest BCUT2D eigenvalue weighted by atomic mass is 9.88. The lowest BCUT2D eigenvalue weighted by Crippen LogP contribution is -2.49. The van der Waals surface area contributed by atoms with Gasteiger partial charge in [0.25, 0.3) is 0 Å². The van der Waals surface area contributed by atoms with E-state index >= 15 is 0 Å². The van der Waals surface area contributed by atoms with Gasteiger partial charge in [-0.25, -0.2) is 0 Å². The maximum atomic E-state index is 12.3. The van der Waals surface area contributed by atoms with E-state index in [-0.39, 0.29) is 24.2 Å². The smallest absolute Gasteiger partial charge is 0.225 e. The molecule has 1 N–H and O–H groups in total. The second kappa shape index (κ2) is 7.65. The molecule has 20 heavy (non-hydrogen) atoms. The van der Waals surface area contributed by atoms with Crippen molar-refractivity contribution in [2.75, 3.05) is 20.1 Å². The van der Waals surface area contributed by atoms with E-state index in [1.165, 1.54) is 11.1 Å². The Bertz CT molecular complexity index is 429. The Hall–Kier alpha value is -1.06. The molecule has 0 aromatic heterocycles. The minimum Gasteiger partial charge on any atom is -0.341 e. The molecule has 0 aliphatic carbocycles. The van der Waals surface area contributed by atoms with E-state index in [1.54, 1.807) is 0 Å². The third-order valence-electron chi connectivity index (χ3n) is 4.14. The van der Waals surface area contributed by atoms with Crippen LogP contribution in [0.1, 0.15) is 25.0 Å². The fourth-order valence-electron chi connectivity index (χ4n) is 2.45. The lowest BCUT2D eigenvalue weighted by molar-refractivity contribution is -0.136. The summed E-state index contributed by atoms with van der Waals surface area (Å²) in [4.78, 5) is 14.2. The molecule has 1 amide bonds. The highest BCUT2D eigenvalue weighted by Crippen LogP contribution is 2.19. The minimum absolute atomic E-state index is 0. The summed E-state index contributed by atoms with van der Waals surface area (Å²) in [5.74, 6) is 0.893. The van der Waals surface area contributed by atoms with Gasteiger partial charge >= 0.3 is 0 Å². The van der Waals surface area contributed by atoms with Crippen molar-refractivity contribution in [3.8, 4) is 0 Å². The number of carbonyl (C=O) groups is 1. The zero-order valence-electron chi connectivity index (χ0n) is 12.6. The fraction of sp³-hybridized carbons (Fsp3) is 0.562. The van der Waals surface area contributed by atoms with Crippen LogP contribution in [0.4, 0.5) is 0 Å². The third-order valence-corrected chi connectivity index (χ3v) is 4.14. The van der Waals surface area contributed by atoms with Crippen molar-refractivity contribution >= 4 is 18.3 Å². The Morgan fingerprint density at radius 2 is 1.85 bits per heavy atom. The van der Waals surface area contributed by atoms with Crippen molar-refractivity contribution in [3.05, 3.63) is 35.4 Å². The Morgan fingerprint density at radius 1 is 1.30 bits per heavy atom. The largest absolute Gasteiger partial charge is 0.341 e. The van der Waals surface area contributed by atoms with Crippen LogP contribution in [0.15, 0.2) is 24.3 Å². The van der Waals surface area contributed by atoms with Gasteiger partial charge in [0.1, 0.15) is 0 Å². The number of halogens is 1. The van der Waals surface area contributed by atoms with Crippen molar-refractivity contribution < 1.29 is 4.79 Å². The molecule has 3 nitrogen and oxygen atoms in total. The molecule has 2 rings (SSSR count). The maximum absolute atomic E-state index is 12.3. The summed E-state index contributed by atoms with van der Waals surface area (Å²) in [5.41, 5.74) is 2.54. The van der Waals surface area contributed by atoms with Gasteiger partial charge in [0.05, 0.1) is 0 Å². The molecule has 1 fully saturated rings. The predicted octanol–water partition coefficient (Wildman–Crippen LogP) is 2.48. The first-order chi connectivity index (χ1) is 9.11. The van der Waals surface area contributed by atoms with Crippen LogP contribution < -0.4 is 5.32 Å². The molecule has 0 spiro atoms. The van der Waals surface area contributed by atoms with E-state index in [0.29, 0.717) is 12.5 Å². The van der Waals surface area contributed by atoms with E-state index < -0.39 is 0 Å². The van der Waals surface area contributed by atoms with Crippen LogP contribution in [0.25, 0.3) is 0 Å². The first-order valence-electron chi connectivity index (χ1n) is 7.15. The first-order valence-corrected chi connectivity index (χ1v) is 7.15. The Morgan fingerprint density at radius 3 is 2.30 bits per heavy atom. The Kier molecular flexibility index (Phi) is 6.50. The van der Waals surface area contributed by atoms with Gasteiger partial charge in [0.2, 0.25) is 5.91 Å². The monoisotopic (exact) mass is 296 g/mol. The summed E-state index contributed by atoms with van der Waals surface area (Å²) in [6.07, 6.45) is 1.06. The van der Waals surface area contributed by atoms with Gasteiger partial charge in [-0.1, -0.05) is 38.1 Å². The Balaban J connectivity index is 0.00000200. The van der Waals surface area contributed by atoms with Crippen molar-refractivity contribution in [2.45, 2.75) is 26.8 Å². The zero-order valence-corrected chi connectivity index (χ0v) is 13.4. The van der Waals surface area contributed by atoms with Crippen LogP contribution in [0, 0.1) is 11.8 Å². The van der Waals surface area contributed by atoms with Gasteiger partial charge in [-0.3, -0.25) is 4.79 Å². The second-order valence-corrected chi connectivity index (χ2v) is 5.57. The van der Waals surface area contributed by atoms with Crippen molar-refractivity contribution in [2.24, 2.45) is 11.8 Å². The Labute approximate surface area is 128 Å². The number of rotatable bonds is 5. The van der Waals surface area contributed by atoms with Gasteiger partial charge in [0.15, 0.2) is 0 Å². The molecular weight excluding hydrogens is 272 g/mol. The van der Waals surface area contributed by atoms with Gasteiger partial charge in [0, 0.05) is 19.5 Å². The van der Waals surface area contributed by atoms with E-state index in [0.717, 1.165) is 19.5 Å². The lowest BCUT2D eigenvalue weighted by Gasteiger charge is -2.34. The van der Waals surface area contributed by atoms with E-state index in [2.05, 4.69) is 36.5 Å². The highest BCUT2D eigenvalue weighted by atomic mass is 35.5. The summed E-state index contributed by atoms with van der Waals surface area (Å²) in [5, 5.41) is 3.23. The number of nitrogens with zero attached hydrogens (tertiary/aromatic N) is 1. The van der Waals surface area contributed by atoms with Crippen LogP contribution in [0.2, 0.25) is 0 Å². The van der Waals surface area contributed by atoms with E-state index in [1.807, 2.05) is 18.9 Å². The molecule has 1 aliphatic heterocycles. The summed E-state index contributed by atoms with van der Waals surface area (Å²) in [7, 11) is 1.90. The molecule has 1 heterocycles. The second-order valence-electron chi connectivity index (χ2n) is 5.57. The molecular formula is C16H25ClN2O. The van der Waals surface area contributed by atoms with Crippen LogP contribution >= 0.6 is 12.4 Å². The quantitative estimate of drug-likeness (QED) is 0.905. The van der Waals surface area contributed by atoms with Crippen LogP contribution in [-0.4, -0.2) is 30.9 Å². The van der Waals surface area contributed by atoms with E-state index in [4.69, 9.17) is 0 Å². The van der Waals surface area contributed by atoms with E-state index in [9.17, 15) is 4.79 Å². The average molecular weight is 297 g/mol. The molecule has 1 atom stereocenters. The van der Waals surface area contributed by atoms with Crippen molar-refractivity contribution in [1.29, 1.82) is 0 Å². The number of nitrogens with one attached hydrogen (secondary N) is 1. The normalized spacial score (nSPS) is 15.9. The standard InChI is InChI=1S/C16H24N2O.ClH/c1-4-13-5-7-14(8-6-13)11-18(3)16(19)12(2)15-9-17-10-15;/h5-8,12,15,17H,4,9-11H2,1-3H3;1H. The summed E-state index contributed by atoms with van der Waals surface area (Å²) in [6.45, 7) is 6.86. The molecule has 1 saturated heterocycles. The number of hydrogen-bond acceptors (Lipinski definition) is 2. The van der Waals surface area contributed by atoms with Gasteiger partial charge < -0.3 is 10.2 Å². The number of aryl methyl sites for hydroxylation is 1. The van der Waals surface area contributed by atoms with Gasteiger partial charge in [-0.2, -0.15) is 0 Å². The molecule has 112 valence electrons. The maximum Gasteiger partial charge on any atom is 0.225 e. The molecule has 1 aromatic carbocycles. The highest BCUT2D eigenvalue weighted by Gasteiger charge is 2.30. The highest BCUT2D eigenvalue weighted by molar-refractivity contribution is 5.85. The summed E-state index contributed by atoms with van der Waals surface area (Å²) < 4.78 is 0. The summed E-state index contributed by atoms with van der Waals surface area (Å²) >= 11 is 0. The third kappa shape index (κ3) is 3.97. The molecule has 0 bridgehead atoms. The van der Waals surface area contributed by atoms with Crippen LogP contribution in [0.5, 0.6) is 0 Å². The van der Waals surface area contributed by atoms with Crippen molar-refractivity contribution in [1.82, 2.24) is 10.2 Å². The minimum atomic E-state index is 0. The molecule has 1 aromatic rings. The van der Waals surface area contributed by atoms with Gasteiger partial charge in [-0.15, -0.1) is 12.4 Å².